The van der Waals surface area contributed by atoms with Crippen LogP contribution >= 0.6 is 24.0 Å². The molecule has 5 heteroatoms. The summed E-state index contributed by atoms with van der Waals surface area (Å²) < 4.78 is 5.54. The Morgan fingerprint density at radius 1 is 1.14 bits per heavy atom. The van der Waals surface area contributed by atoms with Gasteiger partial charge >= 0.3 is 0 Å². The van der Waals surface area contributed by atoms with Crippen molar-refractivity contribution in [3.8, 4) is 0 Å². The third-order valence-electron chi connectivity index (χ3n) is 3.20. The molecule has 1 aromatic carbocycles. The van der Waals surface area contributed by atoms with Crippen LogP contribution in [-0.4, -0.2) is 12.5 Å². The van der Waals surface area contributed by atoms with Crippen molar-refractivity contribution < 1.29 is 4.42 Å². The summed E-state index contributed by atoms with van der Waals surface area (Å²) in [6.07, 6.45) is 0. The molecule has 2 rings (SSSR count). The number of nitrogens with one attached hydrogen (secondary N) is 2. The van der Waals surface area contributed by atoms with Crippen molar-refractivity contribution in [2.45, 2.75) is 33.9 Å². The molecule has 0 aliphatic heterocycles. The lowest BCUT2D eigenvalue weighted by Gasteiger charge is -2.10. The number of hydrogen-bond acceptors (Lipinski definition) is 2. The van der Waals surface area contributed by atoms with Crippen molar-refractivity contribution in [2.24, 2.45) is 4.99 Å². The fourth-order valence-electron chi connectivity index (χ4n) is 2.13. The number of halogens is 1. The van der Waals surface area contributed by atoms with Gasteiger partial charge in [0.2, 0.25) is 0 Å². The molecule has 1 aromatic heterocycles. The summed E-state index contributed by atoms with van der Waals surface area (Å²) in [6.45, 7) is 8.23. The predicted molar refractivity (Wildman–Crippen MR) is 102 cm³/mol. The fourth-order valence-corrected chi connectivity index (χ4v) is 2.13. The number of hydrogen-bond donors (Lipinski definition) is 2. The summed E-state index contributed by atoms with van der Waals surface area (Å²) in [6, 6.07) is 12.3. The first-order valence-corrected chi connectivity index (χ1v) is 7.31. The quantitative estimate of drug-likeness (QED) is 0.446. The number of aliphatic imine (C=N–C) groups is 1. The minimum Gasteiger partial charge on any atom is -0.466 e. The van der Waals surface area contributed by atoms with Crippen LogP contribution < -0.4 is 10.6 Å². The smallest absolute Gasteiger partial charge is 0.191 e. The molecule has 0 radical (unpaired) electrons. The lowest BCUT2D eigenvalue weighted by molar-refractivity contribution is 0.500. The van der Waals surface area contributed by atoms with Gasteiger partial charge in [-0.05, 0) is 32.4 Å². The third kappa shape index (κ3) is 5.71. The molecule has 1 heterocycles. The maximum atomic E-state index is 5.54. The second-order valence-corrected chi connectivity index (χ2v) is 4.97. The Morgan fingerprint density at radius 3 is 2.45 bits per heavy atom. The highest BCUT2D eigenvalue weighted by molar-refractivity contribution is 14.0. The van der Waals surface area contributed by atoms with Crippen molar-refractivity contribution in [3.05, 3.63) is 59.0 Å². The van der Waals surface area contributed by atoms with Crippen LogP contribution in [0.1, 0.15) is 29.6 Å². The zero-order valence-electron chi connectivity index (χ0n) is 13.3. The van der Waals surface area contributed by atoms with Crippen LogP contribution in [0.5, 0.6) is 0 Å². The molecule has 0 saturated carbocycles. The van der Waals surface area contributed by atoms with E-state index in [0.29, 0.717) is 13.1 Å². The molecule has 2 N–H and O–H groups in total. The maximum absolute atomic E-state index is 5.54. The minimum atomic E-state index is 0. The van der Waals surface area contributed by atoms with E-state index in [1.807, 2.05) is 32.0 Å². The second kappa shape index (κ2) is 9.50. The monoisotopic (exact) mass is 413 g/mol. The summed E-state index contributed by atoms with van der Waals surface area (Å²) >= 11 is 0. The number of furan rings is 1. The summed E-state index contributed by atoms with van der Waals surface area (Å²) in [5.74, 6) is 2.72. The van der Waals surface area contributed by atoms with E-state index >= 15 is 0 Å². The zero-order chi connectivity index (χ0) is 15.1. The van der Waals surface area contributed by atoms with Gasteiger partial charge in [0.1, 0.15) is 11.5 Å². The molecule has 0 fully saturated rings. The van der Waals surface area contributed by atoms with E-state index in [1.54, 1.807) is 0 Å². The van der Waals surface area contributed by atoms with Gasteiger partial charge < -0.3 is 15.1 Å². The van der Waals surface area contributed by atoms with Gasteiger partial charge in [-0.3, -0.25) is 0 Å². The summed E-state index contributed by atoms with van der Waals surface area (Å²) in [4.78, 5) is 4.60. The van der Waals surface area contributed by atoms with E-state index in [2.05, 4.69) is 40.7 Å². The molecule has 0 unspecified atom stereocenters. The highest BCUT2D eigenvalue weighted by atomic mass is 127. The maximum Gasteiger partial charge on any atom is 0.191 e. The van der Waals surface area contributed by atoms with Gasteiger partial charge in [-0.25, -0.2) is 4.99 Å². The van der Waals surface area contributed by atoms with E-state index in [4.69, 9.17) is 4.42 Å². The first-order chi connectivity index (χ1) is 10.2. The van der Waals surface area contributed by atoms with E-state index < -0.39 is 0 Å². The van der Waals surface area contributed by atoms with Gasteiger partial charge in [-0.1, -0.05) is 30.3 Å². The molecule has 0 saturated heterocycles. The number of aryl methyl sites for hydroxylation is 2. The predicted octanol–water partition coefficient (Wildman–Crippen LogP) is 3.77. The summed E-state index contributed by atoms with van der Waals surface area (Å²) in [5, 5.41) is 6.60. The second-order valence-electron chi connectivity index (χ2n) is 4.97. The molecule has 0 aliphatic carbocycles. The lowest BCUT2D eigenvalue weighted by Crippen LogP contribution is -2.36. The zero-order valence-corrected chi connectivity index (χ0v) is 15.7. The van der Waals surface area contributed by atoms with Crippen molar-refractivity contribution >= 4 is 29.9 Å². The molecule has 0 aliphatic rings. The molecule has 0 atom stereocenters. The molecule has 4 nitrogen and oxygen atoms in total. The molecule has 0 spiro atoms. The largest absolute Gasteiger partial charge is 0.466 e. The lowest BCUT2D eigenvalue weighted by atomic mass is 10.2. The highest BCUT2D eigenvalue weighted by Gasteiger charge is 2.05. The van der Waals surface area contributed by atoms with Crippen LogP contribution in [0.3, 0.4) is 0 Å². The number of benzene rings is 1. The van der Waals surface area contributed by atoms with Gasteiger partial charge in [-0.2, -0.15) is 0 Å². The first-order valence-electron chi connectivity index (χ1n) is 7.31. The van der Waals surface area contributed by atoms with E-state index in [9.17, 15) is 0 Å². The number of nitrogens with zero attached hydrogens (tertiary/aromatic N) is 1. The molecule has 0 amide bonds. The molecular weight excluding hydrogens is 389 g/mol. The summed E-state index contributed by atoms with van der Waals surface area (Å²) in [7, 11) is 0. The third-order valence-corrected chi connectivity index (χ3v) is 3.20. The standard InChI is InChI=1S/C17H23N3O.HI/c1-4-18-17(19-11-15-8-6-5-7-9-15)20-12-16-10-13(2)21-14(16)3;/h5-10H,4,11-12H2,1-3H3,(H2,18,19,20);1H. The molecule has 0 bridgehead atoms. The molecule has 120 valence electrons. The molecule has 2 aromatic rings. The Morgan fingerprint density at radius 2 is 1.86 bits per heavy atom. The van der Waals surface area contributed by atoms with Crippen molar-refractivity contribution in [3.63, 3.8) is 0 Å². The van der Waals surface area contributed by atoms with E-state index in [-0.39, 0.29) is 24.0 Å². The fraction of sp³-hybridized carbons (Fsp3) is 0.353. The van der Waals surface area contributed by atoms with Crippen LogP contribution in [0.2, 0.25) is 0 Å². The van der Waals surface area contributed by atoms with Gasteiger partial charge in [-0.15, -0.1) is 24.0 Å². The normalized spacial score (nSPS) is 11.0. The van der Waals surface area contributed by atoms with Crippen molar-refractivity contribution in [1.82, 2.24) is 10.6 Å². The SMILES string of the molecule is CCNC(=NCc1ccccc1)NCc1cc(C)oc1C.I. The molecule has 22 heavy (non-hydrogen) atoms. The Kier molecular flexibility index (Phi) is 8.01. The van der Waals surface area contributed by atoms with Crippen LogP contribution in [0.4, 0.5) is 0 Å². The van der Waals surface area contributed by atoms with Crippen LogP contribution in [-0.2, 0) is 13.1 Å². The Bertz CT molecular complexity index is 593. The van der Waals surface area contributed by atoms with Crippen molar-refractivity contribution in [2.75, 3.05) is 6.54 Å². The Hall–Kier alpha value is -1.50. The number of guanidine groups is 1. The van der Waals surface area contributed by atoms with Crippen LogP contribution in [0, 0.1) is 13.8 Å². The van der Waals surface area contributed by atoms with E-state index in [1.165, 1.54) is 5.56 Å². The van der Waals surface area contributed by atoms with E-state index in [0.717, 1.165) is 29.6 Å². The Labute approximate surface area is 149 Å². The topological polar surface area (TPSA) is 49.6 Å². The van der Waals surface area contributed by atoms with Gasteiger partial charge in [0.25, 0.3) is 0 Å². The van der Waals surface area contributed by atoms with Crippen LogP contribution in [0.25, 0.3) is 0 Å². The van der Waals surface area contributed by atoms with Gasteiger partial charge in [0, 0.05) is 18.7 Å². The first kappa shape index (κ1) is 18.5. The average molecular weight is 413 g/mol. The Balaban J connectivity index is 0.00000242. The van der Waals surface area contributed by atoms with Gasteiger partial charge in [0.15, 0.2) is 5.96 Å². The van der Waals surface area contributed by atoms with Crippen molar-refractivity contribution in [1.29, 1.82) is 0 Å². The van der Waals surface area contributed by atoms with Gasteiger partial charge in [0.05, 0.1) is 6.54 Å². The summed E-state index contributed by atoms with van der Waals surface area (Å²) in [5.41, 5.74) is 2.36. The molecular formula is C17H24IN3O. The number of rotatable bonds is 5. The van der Waals surface area contributed by atoms with Crippen LogP contribution in [0.15, 0.2) is 45.8 Å². The average Bonchev–Trinajstić information content (AvgIpc) is 2.81. The highest BCUT2D eigenvalue weighted by Crippen LogP contribution is 2.13. The minimum absolute atomic E-state index is 0.